The number of amides is 2. The largest absolute Gasteiger partial charge is 0.633 e. The van der Waals surface area contributed by atoms with Gasteiger partial charge in [0.25, 0.3) is 0 Å². The molecule has 4 N–H and O–H groups in total. The number of piperidine rings is 1. The average Bonchev–Trinajstić information content (AvgIpc) is 2.05. The number of carbonyl (C=O) groups excluding carboxylic acids is 2. The van der Waals surface area contributed by atoms with Crippen molar-refractivity contribution in [3.8, 4) is 0 Å². The quantitative estimate of drug-likeness (QED) is 0.496. The van der Waals surface area contributed by atoms with E-state index in [-0.39, 0.29) is 11.8 Å². The molecule has 0 unspecified atom stereocenters. The summed E-state index contributed by atoms with van der Waals surface area (Å²) in [4.78, 5) is 21.3. The van der Waals surface area contributed by atoms with Crippen molar-refractivity contribution in [2.75, 3.05) is 13.1 Å². The SMILES string of the molecule is O=C([OH2+])NC(=O)C1CCNCC1. The summed E-state index contributed by atoms with van der Waals surface area (Å²) in [7, 11) is 0. The van der Waals surface area contributed by atoms with Crippen molar-refractivity contribution in [1.82, 2.24) is 10.6 Å². The zero-order valence-electron chi connectivity index (χ0n) is 6.72. The summed E-state index contributed by atoms with van der Waals surface area (Å²) >= 11 is 0. The fourth-order valence-electron chi connectivity index (χ4n) is 1.30. The van der Waals surface area contributed by atoms with Crippen molar-refractivity contribution in [3.05, 3.63) is 0 Å². The van der Waals surface area contributed by atoms with E-state index in [2.05, 4.69) is 5.32 Å². The highest BCUT2D eigenvalue weighted by Gasteiger charge is 2.24. The molecular weight excluding hydrogens is 160 g/mol. The Labute approximate surface area is 70.1 Å². The second-order valence-electron chi connectivity index (χ2n) is 2.84. The Morgan fingerprint density at radius 2 is 1.92 bits per heavy atom. The number of hydrogen-bond donors (Lipinski definition) is 2. The summed E-state index contributed by atoms with van der Waals surface area (Å²) in [5.74, 6) is -0.406. The Hall–Kier alpha value is -1.10. The molecule has 0 atom stereocenters. The topological polar surface area (TPSA) is 81.1 Å². The van der Waals surface area contributed by atoms with Crippen molar-refractivity contribution in [1.29, 1.82) is 0 Å². The molecule has 0 aliphatic carbocycles. The van der Waals surface area contributed by atoms with Gasteiger partial charge in [-0.2, -0.15) is 0 Å². The molecular formula is C7H13N2O3+. The lowest BCUT2D eigenvalue weighted by atomic mass is 9.97. The smallest absolute Gasteiger partial charge is 0.547 e. The summed E-state index contributed by atoms with van der Waals surface area (Å²) in [5.41, 5.74) is 0. The number of nitrogens with one attached hydrogen (secondary N) is 2. The van der Waals surface area contributed by atoms with Gasteiger partial charge in [-0.1, -0.05) is 0 Å². The maximum absolute atomic E-state index is 11.1. The van der Waals surface area contributed by atoms with Gasteiger partial charge in [0.05, 0.1) is 4.79 Å². The van der Waals surface area contributed by atoms with Gasteiger partial charge < -0.3 is 10.4 Å². The summed E-state index contributed by atoms with van der Waals surface area (Å²) in [6.07, 6.45) is 0.483. The van der Waals surface area contributed by atoms with Crippen LogP contribution in [0.15, 0.2) is 0 Å². The van der Waals surface area contributed by atoms with Crippen LogP contribution in [0.5, 0.6) is 0 Å². The molecule has 0 aromatic rings. The zero-order chi connectivity index (χ0) is 8.97. The number of hydrogen-bond acceptors (Lipinski definition) is 3. The van der Waals surface area contributed by atoms with Gasteiger partial charge in [0.15, 0.2) is 0 Å². The molecule has 0 saturated carbocycles. The predicted octanol–water partition coefficient (Wildman–Crippen LogP) is -1.05. The molecule has 1 rings (SSSR count). The first-order valence-electron chi connectivity index (χ1n) is 3.97. The molecule has 1 aliphatic rings. The summed E-state index contributed by atoms with van der Waals surface area (Å²) in [6.45, 7) is 1.62. The van der Waals surface area contributed by atoms with E-state index >= 15 is 0 Å². The first-order chi connectivity index (χ1) is 5.70. The highest BCUT2D eigenvalue weighted by molar-refractivity contribution is 5.92. The van der Waals surface area contributed by atoms with E-state index in [1.807, 2.05) is 5.32 Å². The van der Waals surface area contributed by atoms with Gasteiger partial charge in [-0.15, -0.1) is 0 Å². The maximum Gasteiger partial charge on any atom is 0.633 e. The number of carbonyl (C=O) groups is 2. The lowest BCUT2D eigenvalue weighted by molar-refractivity contribution is -0.124. The second-order valence-corrected chi connectivity index (χ2v) is 2.84. The zero-order valence-corrected chi connectivity index (χ0v) is 6.72. The van der Waals surface area contributed by atoms with Crippen molar-refractivity contribution < 1.29 is 14.7 Å². The van der Waals surface area contributed by atoms with E-state index in [0.29, 0.717) is 0 Å². The standard InChI is InChI=1S/C7H12N2O3/c10-6(9-7(11)12)5-1-3-8-4-2-5/h5,8H,1-4H2,(H,9,10)(H,11,12)/p+1. The van der Waals surface area contributed by atoms with Crippen LogP contribution in [-0.4, -0.2) is 30.2 Å². The Kier molecular flexibility index (Phi) is 3.04. The monoisotopic (exact) mass is 173 g/mol. The van der Waals surface area contributed by atoms with Crippen LogP contribution in [0.1, 0.15) is 12.8 Å². The molecule has 0 bridgehead atoms. The van der Waals surface area contributed by atoms with Crippen molar-refractivity contribution in [3.63, 3.8) is 0 Å². The molecule has 0 radical (unpaired) electrons. The minimum atomic E-state index is -1.02. The molecule has 5 nitrogen and oxygen atoms in total. The highest BCUT2D eigenvalue weighted by Crippen LogP contribution is 2.10. The van der Waals surface area contributed by atoms with Crippen LogP contribution in [0.2, 0.25) is 0 Å². The average molecular weight is 173 g/mol. The van der Waals surface area contributed by atoms with Crippen LogP contribution in [0.3, 0.4) is 0 Å². The lowest BCUT2D eigenvalue weighted by Gasteiger charge is -2.19. The van der Waals surface area contributed by atoms with Crippen molar-refractivity contribution >= 4 is 12.0 Å². The van der Waals surface area contributed by atoms with Crippen LogP contribution < -0.4 is 10.6 Å². The number of rotatable bonds is 1. The van der Waals surface area contributed by atoms with Gasteiger partial charge >= 0.3 is 6.09 Å². The highest BCUT2D eigenvalue weighted by atomic mass is 16.4. The molecule has 5 heteroatoms. The van der Waals surface area contributed by atoms with Gasteiger partial charge in [0.1, 0.15) is 0 Å². The van der Waals surface area contributed by atoms with Crippen LogP contribution >= 0.6 is 0 Å². The van der Waals surface area contributed by atoms with Crippen LogP contribution in [0.4, 0.5) is 4.79 Å². The van der Waals surface area contributed by atoms with Gasteiger partial charge in [0.2, 0.25) is 5.91 Å². The van der Waals surface area contributed by atoms with Crippen LogP contribution in [0.25, 0.3) is 0 Å². The molecule has 12 heavy (non-hydrogen) atoms. The summed E-state index contributed by atoms with van der Waals surface area (Å²) in [6, 6.07) is 0. The Bertz CT molecular complexity index is 187. The van der Waals surface area contributed by atoms with E-state index in [9.17, 15) is 9.59 Å². The predicted molar refractivity (Wildman–Crippen MR) is 42.7 cm³/mol. The van der Waals surface area contributed by atoms with Gasteiger partial charge in [0, 0.05) is 5.92 Å². The minimum Gasteiger partial charge on any atom is -0.547 e. The van der Waals surface area contributed by atoms with Gasteiger partial charge in [-0.05, 0) is 25.9 Å². The summed E-state index contributed by atoms with van der Waals surface area (Å²) in [5, 5.41) is 11.6. The Morgan fingerprint density at radius 3 is 2.42 bits per heavy atom. The molecule has 1 fully saturated rings. The molecule has 0 aromatic heterocycles. The van der Waals surface area contributed by atoms with E-state index in [1.165, 1.54) is 0 Å². The maximum atomic E-state index is 11.1. The van der Waals surface area contributed by atoms with E-state index in [0.717, 1.165) is 25.9 Å². The van der Waals surface area contributed by atoms with E-state index in [4.69, 9.17) is 5.11 Å². The van der Waals surface area contributed by atoms with Crippen molar-refractivity contribution in [2.24, 2.45) is 5.92 Å². The molecule has 1 heterocycles. The normalized spacial score (nSPS) is 18.7. The van der Waals surface area contributed by atoms with Crippen molar-refractivity contribution in [2.45, 2.75) is 12.8 Å². The third kappa shape index (κ3) is 2.50. The van der Waals surface area contributed by atoms with Gasteiger partial charge in [-0.3, -0.25) is 4.79 Å². The van der Waals surface area contributed by atoms with Crippen LogP contribution in [0, 0.1) is 5.92 Å². The van der Waals surface area contributed by atoms with E-state index < -0.39 is 6.09 Å². The Morgan fingerprint density at radius 1 is 1.33 bits per heavy atom. The molecule has 0 aromatic carbocycles. The third-order valence-electron chi connectivity index (χ3n) is 1.95. The molecule has 1 saturated heterocycles. The third-order valence-corrected chi connectivity index (χ3v) is 1.95. The Balaban J connectivity index is 2.34. The first-order valence-corrected chi connectivity index (χ1v) is 3.97. The molecule has 0 spiro atoms. The number of imide groups is 1. The fraction of sp³-hybridized carbons (Fsp3) is 0.714. The van der Waals surface area contributed by atoms with E-state index in [1.54, 1.807) is 0 Å². The van der Waals surface area contributed by atoms with Gasteiger partial charge in [-0.25, -0.2) is 5.32 Å². The van der Waals surface area contributed by atoms with Crippen LogP contribution in [-0.2, 0) is 4.79 Å². The molecule has 2 amide bonds. The lowest BCUT2D eigenvalue weighted by Crippen LogP contribution is -2.40. The first kappa shape index (κ1) is 8.99. The molecule has 1 aliphatic heterocycles. The summed E-state index contributed by atoms with van der Waals surface area (Å²) < 4.78 is 0. The fourth-order valence-corrected chi connectivity index (χ4v) is 1.30. The molecule has 68 valence electrons. The second kappa shape index (κ2) is 4.06. The minimum absolute atomic E-state index is 0.0967.